The number of primary amides is 3. The number of nitrogens with two attached hydrogens (primary N) is 5. The number of nitrogens with one attached hydrogen (secondary N) is 9. The maximum Gasteiger partial charge on any atom is 0.404 e. The highest BCUT2D eigenvalue weighted by Gasteiger charge is 2.54. The summed E-state index contributed by atoms with van der Waals surface area (Å²) in [6, 6.07) is 1.07. The van der Waals surface area contributed by atoms with Gasteiger partial charge < -0.3 is 141 Å². The lowest BCUT2D eigenvalue weighted by molar-refractivity contribution is -0.372. The van der Waals surface area contributed by atoms with Crippen molar-refractivity contribution in [3.05, 3.63) is 92.7 Å². The minimum absolute atomic E-state index is 0.0279. The molecular weight excluding hydrogens is 1450 g/mol. The zero-order valence-corrected chi connectivity index (χ0v) is 60.2. The third kappa shape index (κ3) is 23.7. The average molecular weight is 1540 g/mol. The van der Waals surface area contributed by atoms with Gasteiger partial charge in [0.1, 0.15) is 94.6 Å². The molecule has 0 saturated carbocycles. The number of amides is 9. The summed E-state index contributed by atoms with van der Waals surface area (Å²) in [5.74, 6) is -8.93. The topological polar surface area (TPSA) is 668 Å². The summed E-state index contributed by atoms with van der Waals surface area (Å²) in [5, 5.41) is 115. The van der Waals surface area contributed by atoms with E-state index in [2.05, 4.69) is 72.4 Å². The van der Waals surface area contributed by atoms with Crippen LogP contribution < -0.4 is 71.2 Å². The SMILES string of the molecule is Cc1c(N)nc([C@H](CC(N)=O)NC[C@H](N)C(N)=O)nc1C(=O)N[C@H](C(=O)N[C@H](C)[C@@H](O)[C@H](C)C(=O)N[C@H](C(=O)NCCc1nc(-c2nc(C(=O)NCCCNCCCCNC(=O)c3ccccc3)cs2)cs1)[C@@H](C)O)[C@@H](O[C@@H]1O[C@@H](CO)[C@@H](O)[C@H](O)[C@@H]1O[C@H]1O[C@H](CO)[C@@H](O)[C@H](OC(N)=O)[C@@H]1O)c1cnc[nH]1. The van der Waals surface area contributed by atoms with E-state index in [0.717, 1.165) is 31.9 Å². The molecule has 0 bridgehead atoms. The van der Waals surface area contributed by atoms with Gasteiger partial charge >= 0.3 is 6.09 Å². The number of H-pyrrole nitrogens is 1. The van der Waals surface area contributed by atoms with Gasteiger partial charge in [-0.1, -0.05) is 25.1 Å². The summed E-state index contributed by atoms with van der Waals surface area (Å²) in [4.78, 5) is 144. The van der Waals surface area contributed by atoms with Gasteiger partial charge in [-0.05, 0) is 65.3 Å². The Morgan fingerprint density at radius 1 is 0.701 bits per heavy atom. The van der Waals surface area contributed by atoms with Crippen LogP contribution in [0.25, 0.3) is 10.7 Å². The Morgan fingerprint density at radius 3 is 2.04 bits per heavy atom. The van der Waals surface area contributed by atoms with E-state index < -0.39 is 183 Å². The van der Waals surface area contributed by atoms with Crippen LogP contribution in [-0.4, -0.2) is 274 Å². The van der Waals surface area contributed by atoms with Crippen LogP contribution in [0, 0.1) is 12.8 Å². The minimum atomic E-state index is -2.21. The van der Waals surface area contributed by atoms with E-state index in [4.69, 9.17) is 52.4 Å². The zero-order chi connectivity index (χ0) is 78.3. The Morgan fingerprint density at radius 2 is 1.37 bits per heavy atom. The molecule has 4 aromatic heterocycles. The van der Waals surface area contributed by atoms with Crippen molar-refractivity contribution < 1.29 is 108 Å². The van der Waals surface area contributed by atoms with Crippen LogP contribution in [0.2, 0.25) is 0 Å². The maximum absolute atomic E-state index is 15.2. The molecule has 41 nitrogen and oxygen atoms in total. The number of anilines is 1. The highest BCUT2D eigenvalue weighted by Crippen LogP contribution is 2.35. The Hall–Kier alpha value is -9.00. The Balaban J connectivity index is 1.03. The molecule has 6 heterocycles. The van der Waals surface area contributed by atoms with Crippen LogP contribution in [0.15, 0.2) is 53.6 Å². The fourth-order valence-electron chi connectivity index (χ4n) is 11.0. The van der Waals surface area contributed by atoms with Crippen molar-refractivity contribution in [1.82, 2.24) is 72.4 Å². The van der Waals surface area contributed by atoms with Crippen LogP contribution in [0.1, 0.15) is 112 Å². The molecule has 9 amide bonds. The molecular formula is C64H93N19O22S2. The molecule has 1 aromatic carbocycles. The standard InChI is InChI=1S/C64H93N19O22S2/c1-27-41(80-54(83-52(27)67)33(19-39(66)87)75-20-32(65)53(68)93)59(98)82-43(49(34-21-71-26-76-34)103-63-51(47(91)45(89)37(22-84)102-63)104-62-48(92)50(105-64(69)100)46(90)38(23-85)101-62)60(99)77-29(3)44(88)28(2)55(94)81-42(30(4)86)58(97)74-18-13-40-78-36(25-106-40)61-79-35(24-107-61)57(96)73-17-10-15-70-14-8-9-16-72-56(95)31-11-6-5-7-12-31/h5-7,11-12,21,24-26,28-30,32-33,37-38,42-51,62-63,70,75,84-86,88-92H,8-10,13-20,22-23,65H2,1-4H3,(H2,66,87)(H2,68,93)(H2,69,100)(H,71,76)(H,72,95)(H,73,96)(H,74,97)(H,77,99)(H,81,94)(H,82,98)(H2,67,80,83)/t28-,29+,30+,32-,33-,37-,38+,42-,43-,44-,45+,46+,47-,48-,49-,50-,51-,62+,63-/m0/s1. The first kappa shape index (κ1) is 85.3. The summed E-state index contributed by atoms with van der Waals surface area (Å²) in [7, 11) is 0. The number of nitrogens with zero attached hydrogens (tertiary/aromatic N) is 5. The normalized spacial score (nSPS) is 22.6. The number of benzene rings is 1. The van der Waals surface area contributed by atoms with Crippen LogP contribution in [0.5, 0.6) is 0 Å². The van der Waals surface area contributed by atoms with E-state index in [0.29, 0.717) is 47.3 Å². The fourth-order valence-corrected chi connectivity index (χ4v) is 12.7. The van der Waals surface area contributed by atoms with Gasteiger partial charge in [0.05, 0.1) is 72.7 Å². The van der Waals surface area contributed by atoms with Crippen molar-refractivity contribution in [2.75, 3.05) is 58.2 Å². The van der Waals surface area contributed by atoms with Crippen molar-refractivity contribution in [3.63, 3.8) is 0 Å². The summed E-state index contributed by atoms with van der Waals surface area (Å²) >= 11 is 2.48. The van der Waals surface area contributed by atoms with Gasteiger partial charge in [-0.3, -0.25) is 38.4 Å². The number of rotatable bonds is 41. The molecule has 27 N–H and O–H groups in total. The van der Waals surface area contributed by atoms with E-state index >= 15 is 4.79 Å². The minimum Gasteiger partial charge on any atom is -0.441 e. The van der Waals surface area contributed by atoms with E-state index in [9.17, 15) is 79.2 Å². The number of carbonyl (C=O) groups is 9. The summed E-state index contributed by atoms with van der Waals surface area (Å²) in [6.45, 7) is 4.97. The molecule has 19 atom stereocenters. The van der Waals surface area contributed by atoms with Crippen LogP contribution in [0.3, 0.4) is 0 Å². The maximum atomic E-state index is 15.2. The molecule has 0 spiro atoms. The number of aliphatic hydroxyl groups excluding tert-OH is 8. The van der Waals surface area contributed by atoms with Crippen LogP contribution >= 0.6 is 22.7 Å². The summed E-state index contributed by atoms with van der Waals surface area (Å²) in [6.07, 6.45) is -22.9. The van der Waals surface area contributed by atoms with E-state index in [1.165, 1.54) is 50.4 Å². The molecule has 2 saturated heterocycles. The second kappa shape index (κ2) is 40.8. The monoisotopic (exact) mass is 1540 g/mol. The average Bonchev–Trinajstić information content (AvgIpc) is 1.63. The smallest absolute Gasteiger partial charge is 0.404 e. The number of thiazole rings is 2. The molecule has 43 heteroatoms. The van der Waals surface area contributed by atoms with Gasteiger partial charge in [0.25, 0.3) is 17.7 Å². The first-order valence-electron chi connectivity index (χ1n) is 33.9. The Labute approximate surface area is 619 Å². The number of aromatic amines is 1. The number of hydrogen-bond acceptors (Lipinski definition) is 33. The lowest BCUT2D eigenvalue weighted by Gasteiger charge is -2.47. The number of ether oxygens (including phenoxy) is 5. The lowest BCUT2D eigenvalue weighted by Crippen LogP contribution is -2.65. The molecule has 0 aliphatic carbocycles. The van der Waals surface area contributed by atoms with Crippen LogP contribution in [0.4, 0.5) is 10.6 Å². The predicted octanol–water partition coefficient (Wildman–Crippen LogP) is -6.78. The van der Waals surface area contributed by atoms with Crippen molar-refractivity contribution in [2.24, 2.45) is 28.9 Å². The Kier molecular flexibility index (Phi) is 32.5. The molecule has 2 aliphatic rings. The number of aromatic nitrogens is 6. The second-order valence-corrected chi connectivity index (χ2v) is 27.0. The quantitative estimate of drug-likeness (QED) is 0.0162. The number of hydrogen-bond donors (Lipinski definition) is 22. The molecule has 0 radical (unpaired) electrons. The molecule has 107 heavy (non-hydrogen) atoms. The second-order valence-electron chi connectivity index (χ2n) is 25.2. The van der Waals surface area contributed by atoms with E-state index in [1.54, 1.807) is 22.9 Å². The van der Waals surface area contributed by atoms with Crippen molar-refractivity contribution >= 4 is 81.8 Å². The first-order valence-corrected chi connectivity index (χ1v) is 35.7. The number of imidazole rings is 1. The molecule has 5 aromatic rings. The number of nitrogen functional groups attached to an aromatic ring is 1. The molecule has 588 valence electrons. The zero-order valence-electron chi connectivity index (χ0n) is 58.6. The Bertz CT molecular complexity index is 3770. The van der Waals surface area contributed by atoms with Gasteiger partial charge in [-0.2, -0.15) is 0 Å². The van der Waals surface area contributed by atoms with E-state index in [-0.39, 0.29) is 59.9 Å². The predicted molar refractivity (Wildman–Crippen MR) is 376 cm³/mol. The first-order chi connectivity index (χ1) is 50.9. The molecule has 2 fully saturated rings. The van der Waals surface area contributed by atoms with Gasteiger partial charge in [-0.15, -0.1) is 22.7 Å². The molecule has 2 aliphatic heterocycles. The highest BCUT2D eigenvalue weighted by molar-refractivity contribution is 7.14. The van der Waals surface area contributed by atoms with Crippen molar-refractivity contribution in [3.8, 4) is 10.7 Å². The summed E-state index contributed by atoms with van der Waals surface area (Å²) < 4.78 is 28.8. The molecule has 0 unspecified atom stereocenters. The lowest BCUT2D eigenvalue weighted by atomic mass is 9.96. The van der Waals surface area contributed by atoms with Crippen molar-refractivity contribution in [2.45, 2.75) is 170 Å². The fraction of sp³-hybridized carbons (Fsp3) is 0.562. The third-order valence-electron chi connectivity index (χ3n) is 17.2. The largest absolute Gasteiger partial charge is 0.441 e. The van der Waals surface area contributed by atoms with Crippen molar-refractivity contribution in [1.29, 1.82) is 0 Å². The van der Waals surface area contributed by atoms with Gasteiger partial charge in [0.15, 0.2) is 18.7 Å². The molecule has 7 rings (SSSR count). The number of unbranched alkanes of at least 4 members (excludes halogenated alkanes) is 1. The van der Waals surface area contributed by atoms with Crippen LogP contribution in [-0.2, 0) is 54.1 Å². The number of aliphatic hydroxyl groups is 8. The van der Waals surface area contributed by atoms with Gasteiger partial charge in [0.2, 0.25) is 29.5 Å². The summed E-state index contributed by atoms with van der Waals surface area (Å²) in [5.41, 5.74) is 28.6. The number of carbonyl (C=O) groups excluding carboxylic acids is 9. The highest BCUT2D eigenvalue weighted by atomic mass is 32.1. The van der Waals surface area contributed by atoms with Gasteiger partial charge in [-0.25, -0.2) is 29.7 Å². The van der Waals surface area contributed by atoms with Gasteiger partial charge in [0, 0.05) is 60.9 Å². The van der Waals surface area contributed by atoms with E-state index in [1.807, 2.05) is 18.2 Å². The third-order valence-corrected chi connectivity index (χ3v) is 19.0.